The van der Waals surface area contributed by atoms with Gasteiger partial charge in [0.05, 0.1) is 11.9 Å². The van der Waals surface area contributed by atoms with Gasteiger partial charge >= 0.3 is 0 Å². The number of hydrogen-bond donors (Lipinski definition) is 2. The van der Waals surface area contributed by atoms with E-state index in [-0.39, 0.29) is 0 Å². The first-order valence-corrected chi connectivity index (χ1v) is 6.83. The Kier molecular flexibility index (Phi) is 4.42. The number of nitrogens with one attached hydrogen (secondary N) is 1. The van der Waals surface area contributed by atoms with Crippen molar-refractivity contribution in [3.63, 3.8) is 0 Å². The van der Waals surface area contributed by atoms with Crippen molar-refractivity contribution in [3.8, 4) is 17.0 Å². The molecule has 0 amide bonds. The van der Waals surface area contributed by atoms with Gasteiger partial charge in [0.2, 0.25) is 0 Å². The molecule has 0 saturated heterocycles. The number of rotatable bonds is 5. The molecule has 25 heavy (non-hydrogen) atoms. The standard InChI is InChI=1S/C13H11N9O3/c14-13(18-22(23)24)17-15-7-11-5-6-12(25-11)9-1-3-10(4-2-9)21-8-16-19-20-21/h1-8H,(H3,14,17,18)/b15-7-. The fourth-order valence-electron chi connectivity index (χ4n) is 1.90. The molecule has 0 aliphatic heterocycles. The fraction of sp³-hybridized carbons (Fsp3) is 0. The third-order valence-corrected chi connectivity index (χ3v) is 2.95. The summed E-state index contributed by atoms with van der Waals surface area (Å²) in [5, 5.41) is 27.3. The first kappa shape index (κ1) is 15.8. The molecule has 3 aromatic rings. The van der Waals surface area contributed by atoms with E-state index in [9.17, 15) is 10.1 Å². The molecule has 0 fully saturated rings. The lowest BCUT2D eigenvalue weighted by Gasteiger charge is -2.00. The van der Waals surface area contributed by atoms with Gasteiger partial charge in [0, 0.05) is 5.56 Å². The van der Waals surface area contributed by atoms with Crippen molar-refractivity contribution in [1.82, 2.24) is 25.6 Å². The predicted molar refractivity (Wildman–Crippen MR) is 86.2 cm³/mol. The van der Waals surface area contributed by atoms with Crippen molar-refractivity contribution < 1.29 is 9.45 Å². The van der Waals surface area contributed by atoms with Gasteiger partial charge in [-0.15, -0.1) is 10.2 Å². The Morgan fingerprint density at radius 2 is 2.12 bits per heavy atom. The average Bonchev–Trinajstić information content (AvgIpc) is 3.26. The van der Waals surface area contributed by atoms with Crippen LogP contribution >= 0.6 is 0 Å². The first-order valence-electron chi connectivity index (χ1n) is 6.83. The van der Waals surface area contributed by atoms with E-state index in [1.165, 1.54) is 17.2 Å². The molecule has 0 aliphatic carbocycles. The second-order valence-corrected chi connectivity index (χ2v) is 4.60. The molecular formula is C13H11N9O3. The summed E-state index contributed by atoms with van der Waals surface area (Å²) in [6, 6.07) is 10.8. The lowest BCUT2D eigenvalue weighted by atomic mass is 10.1. The van der Waals surface area contributed by atoms with E-state index in [1.54, 1.807) is 17.6 Å². The molecule has 0 radical (unpaired) electrons. The topological polar surface area (TPSA) is 163 Å². The quantitative estimate of drug-likeness (QED) is 0.290. The number of nitro groups is 1. The highest BCUT2D eigenvalue weighted by atomic mass is 16.7. The lowest BCUT2D eigenvalue weighted by Crippen LogP contribution is -2.35. The number of furan rings is 1. The molecule has 126 valence electrons. The van der Waals surface area contributed by atoms with Crippen LogP contribution in [0.3, 0.4) is 0 Å². The van der Waals surface area contributed by atoms with Crippen molar-refractivity contribution in [1.29, 1.82) is 0 Å². The number of nitrogens with zero attached hydrogens (tertiary/aromatic N) is 7. The van der Waals surface area contributed by atoms with Crippen LogP contribution in [0.2, 0.25) is 0 Å². The Bertz CT molecular complexity index is 913. The minimum absolute atomic E-state index is 0.414. The van der Waals surface area contributed by atoms with Gasteiger partial charge in [-0.2, -0.15) is 5.10 Å². The third-order valence-electron chi connectivity index (χ3n) is 2.95. The lowest BCUT2D eigenvalue weighted by molar-refractivity contribution is -0.525. The molecule has 3 rings (SSSR count). The number of nitrogens with two attached hydrogens (primary N) is 1. The van der Waals surface area contributed by atoms with Crippen molar-refractivity contribution in [2.45, 2.75) is 0 Å². The summed E-state index contributed by atoms with van der Waals surface area (Å²) in [7, 11) is 0. The summed E-state index contributed by atoms with van der Waals surface area (Å²) < 4.78 is 7.14. The molecule has 3 N–H and O–H groups in total. The minimum Gasteiger partial charge on any atom is -0.455 e. The van der Waals surface area contributed by atoms with Crippen LogP contribution in [0.15, 0.2) is 57.3 Å². The van der Waals surface area contributed by atoms with Gasteiger partial charge in [0.15, 0.2) is 5.03 Å². The number of hydrazine groups is 1. The first-order chi connectivity index (χ1) is 12.1. The van der Waals surface area contributed by atoms with Crippen molar-refractivity contribution in [2.75, 3.05) is 0 Å². The number of benzene rings is 1. The molecule has 2 heterocycles. The summed E-state index contributed by atoms with van der Waals surface area (Å²) in [6.45, 7) is 0. The Balaban J connectivity index is 1.70. The van der Waals surface area contributed by atoms with Crippen molar-refractivity contribution in [2.24, 2.45) is 15.9 Å². The highest BCUT2D eigenvalue weighted by Gasteiger charge is 2.05. The van der Waals surface area contributed by atoms with Crippen LogP contribution in [0.25, 0.3) is 17.0 Å². The molecule has 0 aliphatic rings. The van der Waals surface area contributed by atoms with Gasteiger partial charge in [0.1, 0.15) is 17.8 Å². The van der Waals surface area contributed by atoms with Crippen molar-refractivity contribution in [3.05, 3.63) is 58.6 Å². The van der Waals surface area contributed by atoms with Crippen LogP contribution in [-0.4, -0.2) is 37.4 Å². The van der Waals surface area contributed by atoms with Crippen LogP contribution in [0.4, 0.5) is 0 Å². The molecule has 0 bridgehead atoms. The molecule has 0 spiro atoms. The van der Waals surface area contributed by atoms with E-state index in [1.807, 2.05) is 24.3 Å². The summed E-state index contributed by atoms with van der Waals surface area (Å²) in [5.41, 5.74) is 8.55. The van der Waals surface area contributed by atoms with Crippen LogP contribution in [0.5, 0.6) is 0 Å². The van der Waals surface area contributed by atoms with E-state index in [4.69, 9.17) is 10.2 Å². The van der Waals surface area contributed by atoms with Gasteiger partial charge in [0.25, 0.3) is 5.96 Å². The van der Waals surface area contributed by atoms with E-state index >= 15 is 0 Å². The minimum atomic E-state index is -0.835. The smallest absolute Gasteiger partial charge is 0.275 e. The van der Waals surface area contributed by atoms with Crippen LogP contribution < -0.4 is 11.2 Å². The Hall–Kier alpha value is -4.09. The van der Waals surface area contributed by atoms with Gasteiger partial charge < -0.3 is 10.2 Å². The Morgan fingerprint density at radius 1 is 1.32 bits per heavy atom. The maximum Gasteiger partial charge on any atom is 0.275 e. The Morgan fingerprint density at radius 3 is 2.80 bits per heavy atom. The zero-order valence-electron chi connectivity index (χ0n) is 12.6. The second kappa shape index (κ2) is 6.99. The summed E-state index contributed by atoms with van der Waals surface area (Å²) >= 11 is 0. The van der Waals surface area contributed by atoms with Gasteiger partial charge in [-0.1, -0.05) is 5.43 Å². The molecule has 2 aromatic heterocycles. The molecule has 0 unspecified atom stereocenters. The summed E-state index contributed by atoms with van der Waals surface area (Å²) in [4.78, 5) is 10.2. The zero-order valence-corrected chi connectivity index (χ0v) is 12.6. The largest absolute Gasteiger partial charge is 0.455 e. The van der Waals surface area contributed by atoms with E-state index in [0.717, 1.165) is 11.3 Å². The number of tetrazole rings is 1. The van der Waals surface area contributed by atoms with E-state index in [0.29, 0.717) is 11.5 Å². The van der Waals surface area contributed by atoms with Crippen LogP contribution in [0.1, 0.15) is 5.76 Å². The van der Waals surface area contributed by atoms with Crippen LogP contribution in [-0.2, 0) is 0 Å². The number of guanidine groups is 1. The van der Waals surface area contributed by atoms with E-state index < -0.39 is 11.0 Å². The fourth-order valence-corrected chi connectivity index (χ4v) is 1.90. The average molecular weight is 341 g/mol. The van der Waals surface area contributed by atoms with Gasteiger partial charge in [-0.3, -0.25) is 0 Å². The van der Waals surface area contributed by atoms with Crippen LogP contribution in [0, 0.1) is 10.1 Å². The molecule has 0 atom stereocenters. The van der Waals surface area contributed by atoms with Gasteiger partial charge in [-0.25, -0.2) is 14.8 Å². The highest BCUT2D eigenvalue weighted by molar-refractivity contribution is 5.80. The molecule has 1 aromatic carbocycles. The molecular weight excluding hydrogens is 330 g/mol. The number of aromatic nitrogens is 4. The normalized spacial score (nSPS) is 11.8. The van der Waals surface area contributed by atoms with Crippen molar-refractivity contribution >= 4 is 12.2 Å². The zero-order chi connectivity index (χ0) is 17.6. The maximum atomic E-state index is 10.2. The molecule has 12 nitrogen and oxygen atoms in total. The highest BCUT2D eigenvalue weighted by Crippen LogP contribution is 2.22. The number of hydrogen-bond acceptors (Lipinski definition) is 8. The molecule has 0 saturated carbocycles. The summed E-state index contributed by atoms with van der Waals surface area (Å²) in [5.74, 6) is 0.591. The SMILES string of the molecule is NC(=N/N=C\c1ccc(-c2ccc(-n3cnnn3)cc2)o1)N[N+](=O)[O-]. The van der Waals surface area contributed by atoms with E-state index in [2.05, 4.69) is 25.7 Å². The maximum absolute atomic E-state index is 10.2. The van der Waals surface area contributed by atoms with Gasteiger partial charge in [-0.05, 0) is 46.8 Å². The Labute approximate surface area is 139 Å². The monoisotopic (exact) mass is 341 g/mol. The third kappa shape index (κ3) is 4.01. The summed E-state index contributed by atoms with van der Waals surface area (Å²) in [6.07, 6.45) is 2.78. The second-order valence-electron chi connectivity index (χ2n) is 4.60. The predicted octanol–water partition coefficient (Wildman–Crippen LogP) is 0.352. The molecule has 12 heteroatoms.